The normalized spacial score (nSPS) is 15.1. The van der Waals surface area contributed by atoms with Gasteiger partial charge in [-0.3, -0.25) is 0 Å². The van der Waals surface area contributed by atoms with E-state index in [2.05, 4.69) is 36.5 Å². The zero-order valence-corrected chi connectivity index (χ0v) is 10.1. The number of furan rings is 1. The summed E-state index contributed by atoms with van der Waals surface area (Å²) >= 11 is 0. The Morgan fingerprint density at radius 1 is 1.18 bits per heavy atom. The molecule has 0 saturated heterocycles. The zero-order chi connectivity index (χ0) is 11.7. The molecule has 0 bridgehead atoms. The second kappa shape index (κ2) is 4.38. The van der Waals surface area contributed by atoms with Crippen LogP contribution in [0.4, 0.5) is 0 Å². The lowest BCUT2D eigenvalue weighted by Crippen LogP contribution is -2.29. The first-order valence-corrected chi connectivity index (χ1v) is 6.16. The van der Waals surface area contributed by atoms with Crippen molar-refractivity contribution in [2.45, 2.75) is 32.4 Å². The Labute approximate surface area is 102 Å². The summed E-state index contributed by atoms with van der Waals surface area (Å²) in [7, 11) is 0. The Balaban J connectivity index is 1.61. The molecule has 0 spiro atoms. The fourth-order valence-electron chi connectivity index (χ4n) is 2.53. The molecule has 1 aliphatic carbocycles. The van der Waals surface area contributed by atoms with Gasteiger partial charge in [0.05, 0.1) is 12.8 Å². The van der Waals surface area contributed by atoms with Crippen molar-refractivity contribution in [1.29, 1.82) is 0 Å². The Hall–Kier alpha value is -1.54. The fourth-order valence-corrected chi connectivity index (χ4v) is 2.53. The van der Waals surface area contributed by atoms with Crippen LogP contribution >= 0.6 is 0 Å². The highest BCUT2D eigenvalue weighted by Crippen LogP contribution is 2.22. The maximum Gasteiger partial charge on any atom is 0.120 e. The molecule has 0 fully saturated rings. The largest absolute Gasteiger partial charge is 0.468 e. The lowest BCUT2D eigenvalue weighted by molar-refractivity contribution is 0.447. The number of rotatable bonds is 3. The standard InChI is InChI=1S/C15H17NO/c1-11-6-7-17-15(11)10-16-14-8-12-4-2-3-5-13(12)9-14/h2-7,14,16H,8-10H2,1H3. The van der Waals surface area contributed by atoms with E-state index in [-0.39, 0.29) is 0 Å². The summed E-state index contributed by atoms with van der Waals surface area (Å²) < 4.78 is 5.44. The smallest absolute Gasteiger partial charge is 0.120 e. The monoisotopic (exact) mass is 227 g/mol. The van der Waals surface area contributed by atoms with Crippen LogP contribution in [0.15, 0.2) is 41.0 Å². The minimum absolute atomic E-state index is 0.553. The molecule has 88 valence electrons. The van der Waals surface area contributed by atoms with Crippen molar-refractivity contribution in [3.63, 3.8) is 0 Å². The molecule has 2 nitrogen and oxygen atoms in total. The Bertz CT molecular complexity index is 490. The van der Waals surface area contributed by atoms with Gasteiger partial charge in [-0.2, -0.15) is 0 Å². The molecule has 1 aromatic carbocycles. The van der Waals surface area contributed by atoms with Crippen molar-refractivity contribution in [1.82, 2.24) is 5.32 Å². The van der Waals surface area contributed by atoms with Crippen molar-refractivity contribution < 1.29 is 4.42 Å². The predicted molar refractivity (Wildman–Crippen MR) is 67.9 cm³/mol. The van der Waals surface area contributed by atoms with Gasteiger partial charge in [0, 0.05) is 6.04 Å². The van der Waals surface area contributed by atoms with E-state index in [0.717, 1.165) is 25.1 Å². The molecule has 3 rings (SSSR count). The summed E-state index contributed by atoms with van der Waals surface area (Å²) in [6.45, 7) is 2.92. The molecule has 0 unspecified atom stereocenters. The first-order valence-electron chi connectivity index (χ1n) is 6.16. The van der Waals surface area contributed by atoms with E-state index in [4.69, 9.17) is 4.42 Å². The number of hydrogen-bond donors (Lipinski definition) is 1. The van der Waals surface area contributed by atoms with Crippen molar-refractivity contribution in [2.75, 3.05) is 0 Å². The quantitative estimate of drug-likeness (QED) is 0.872. The summed E-state index contributed by atoms with van der Waals surface area (Å²) in [5.74, 6) is 1.06. The minimum Gasteiger partial charge on any atom is -0.468 e. The van der Waals surface area contributed by atoms with Crippen LogP contribution < -0.4 is 5.32 Å². The number of aryl methyl sites for hydroxylation is 1. The van der Waals surface area contributed by atoms with Gasteiger partial charge < -0.3 is 9.73 Å². The molecule has 2 heteroatoms. The maximum atomic E-state index is 5.44. The third kappa shape index (κ3) is 2.13. The van der Waals surface area contributed by atoms with Gasteiger partial charge in [0.1, 0.15) is 5.76 Å². The van der Waals surface area contributed by atoms with Crippen LogP contribution in [0.3, 0.4) is 0 Å². The van der Waals surface area contributed by atoms with Crippen molar-refractivity contribution in [3.05, 3.63) is 59.0 Å². The molecule has 1 aromatic heterocycles. The molecule has 1 aliphatic rings. The summed E-state index contributed by atoms with van der Waals surface area (Å²) in [6.07, 6.45) is 4.03. The van der Waals surface area contributed by atoms with Gasteiger partial charge in [-0.05, 0) is 42.5 Å². The van der Waals surface area contributed by atoms with Gasteiger partial charge in [0.25, 0.3) is 0 Å². The average molecular weight is 227 g/mol. The summed E-state index contributed by atoms with van der Waals surface area (Å²) in [5.41, 5.74) is 4.20. The van der Waals surface area contributed by atoms with Gasteiger partial charge in [-0.15, -0.1) is 0 Å². The third-order valence-corrected chi connectivity index (χ3v) is 3.57. The number of nitrogens with one attached hydrogen (secondary N) is 1. The van der Waals surface area contributed by atoms with Crippen LogP contribution in [0.1, 0.15) is 22.5 Å². The maximum absolute atomic E-state index is 5.44. The molecule has 0 aliphatic heterocycles. The second-order valence-electron chi connectivity index (χ2n) is 4.78. The Morgan fingerprint density at radius 2 is 1.88 bits per heavy atom. The third-order valence-electron chi connectivity index (χ3n) is 3.57. The molecule has 0 radical (unpaired) electrons. The fraction of sp³-hybridized carbons (Fsp3) is 0.333. The molecule has 2 aromatic rings. The molecular weight excluding hydrogens is 210 g/mol. The predicted octanol–water partition coefficient (Wildman–Crippen LogP) is 2.85. The Morgan fingerprint density at radius 3 is 2.47 bits per heavy atom. The lowest BCUT2D eigenvalue weighted by Gasteiger charge is -2.10. The van der Waals surface area contributed by atoms with Gasteiger partial charge in [-0.1, -0.05) is 24.3 Å². The van der Waals surface area contributed by atoms with E-state index in [1.54, 1.807) is 6.26 Å². The van der Waals surface area contributed by atoms with Crippen LogP contribution in [-0.2, 0) is 19.4 Å². The first kappa shape index (κ1) is 10.6. The summed E-state index contributed by atoms with van der Waals surface area (Å²) in [6, 6.07) is 11.3. The van der Waals surface area contributed by atoms with Crippen molar-refractivity contribution in [2.24, 2.45) is 0 Å². The zero-order valence-electron chi connectivity index (χ0n) is 10.1. The van der Waals surface area contributed by atoms with Gasteiger partial charge >= 0.3 is 0 Å². The molecule has 0 atom stereocenters. The second-order valence-corrected chi connectivity index (χ2v) is 4.78. The summed E-state index contributed by atoms with van der Waals surface area (Å²) in [4.78, 5) is 0. The molecule has 17 heavy (non-hydrogen) atoms. The number of fused-ring (bicyclic) bond motifs is 1. The average Bonchev–Trinajstić information content (AvgIpc) is 2.92. The topological polar surface area (TPSA) is 25.2 Å². The lowest BCUT2D eigenvalue weighted by atomic mass is 10.1. The van der Waals surface area contributed by atoms with Crippen molar-refractivity contribution >= 4 is 0 Å². The van der Waals surface area contributed by atoms with Gasteiger partial charge in [0.2, 0.25) is 0 Å². The first-order chi connectivity index (χ1) is 8.33. The van der Waals surface area contributed by atoms with Crippen LogP contribution in [0.2, 0.25) is 0 Å². The Kier molecular flexibility index (Phi) is 2.73. The van der Waals surface area contributed by atoms with E-state index in [1.165, 1.54) is 16.7 Å². The number of benzene rings is 1. The van der Waals surface area contributed by atoms with Gasteiger partial charge in [-0.25, -0.2) is 0 Å². The van der Waals surface area contributed by atoms with Crippen LogP contribution in [-0.4, -0.2) is 6.04 Å². The molecule has 0 amide bonds. The summed E-state index contributed by atoms with van der Waals surface area (Å²) in [5, 5.41) is 3.58. The van der Waals surface area contributed by atoms with E-state index < -0.39 is 0 Å². The molecule has 1 heterocycles. The number of hydrogen-bond acceptors (Lipinski definition) is 2. The van der Waals surface area contributed by atoms with Crippen molar-refractivity contribution in [3.8, 4) is 0 Å². The molecule has 1 N–H and O–H groups in total. The van der Waals surface area contributed by atoms with Crippen LogP contribution in [0, 0.1) is 6.92 Å². The van der Waals surface area contributed by atoms with Crippen LogP contribution in [0.25, 0.3) is 0 Å². The van der Waals surface area contributed by atoms with E-state index in [1.807, 2.05) is 6.07 Å². The van der Waals surface area contributed by atoms with Crippen LogP contribution in [0.5, 0.6) is 0 Å². The molecular formula is C15H17NO. The molecule has 0 saturated carbocycles. The van der Waals surface area contributed by atoms with E-state index in [0.29, 0.717) is 6.04 Å². The minimum atomic E-state index is 0.553. The SMILES string of the molecule is Cc1ccoc1CNC1Cc2ccccc2C1. The van der Waals surface area contributed by atoms with Gasteiger partial charge in [0.15, 0.2) is 0 Å². The highest BCUT2D eigenvalue weighted by Gasteiger charge is 2.20. The highest BCUT2D eigenvalue weighted by atomic mass is 16.3. The van der Waals surface area contributed by atoms with E-state index in [9.17, 15) is 0 Å². The highest BCUT2D eigenvalue weighted by molar-refractivity contribution is 5.33. The van der Waals surface area contributed by atoms with E-state index >= 15 is 0 Å².